The highest BCUT2D eigenvalue weighted by Crippen LogP contribution is 2.28. The van der Waals surface area contributed by atoms with E-state index in [4.69, 9.17) is 4.98 Å². The topological polar surface area (TPSA) is 28.2 Å². The summed E-state index contributed by atoms with van der Waals surface area (Å²) in [5.74, 6) is 1.83. The zero-order valence-electron chi connectivity index (χ0n) is 18.0. The van der Waals surface area contributed by atoms with Crippen molar-refractivity contribution in [1.82, 2.24) is 15.2 Å². The molecule has 0 amide bonds. The van der Waals surface area contributed by atoms with Crippen molar-refractivity contribution in [3.63, 3.8) is 0 Å². The van der Waals surface area contributed by atoms with Crippen LogP contribution in [-0.2, 0) is 12.3 Å². The molecule has 1 aliphatic rings. The van der Waals surface area contributed by atoms with E-state index in [1.54, 1.807) is 0 Å². The molecule has 0 saturated carbocycles. The number of nitrogens with one attached hydrogen (secondary N) is 1. The number of likely N-dealkylation sites (tertiary alicyclic amines) is 1. The second kappa shape index (κ2) is 10.9. The largest absolute Gasteiger partial charge is 0.313 e. The van der Waals surface area contributed by atoms with E-state index in [1.807, 2.05) is 11.8 Å². The predicted molar refractivity (Wildman–Crippen MR) is 129 cm³/mol. The van der Waals surface area contributed by atoms with E-state index in [1.165, 1.54) is 55.4 Å². The van der Waals surface area contributed by atoms with Crippen LogP contribution >= 0.6 is 11.8 Å². The van der Waals surface area contributed by atoms with Gasteiger partial charge >= 0.3 is 0 Å². The van der Waals surface area contributed by atoms with Gasteiger partial charge in [-0.05, 0) is 74.6 Å². The van der Waals surface area contributed by atoms with E-state index in [2.05, 4.69) is 77.8 Å². The molecule has 30 heavy (non-hydrogen) atoms. The molecule has 4 rings (SSSR count). The third-order valence-corrected chi connectivity index (χ3v) is 7.29. The van der Waals surface area contributed by atoms with Crippen LogP contribution in [0.15, 0.2) is 65.7 Å². The molecule has 0 bridgehead atoms. The van der Waals surface area contributed by atoms with Gasteiger partial charge < -0.3 is 10.2 Å². The molecule has 1 fully saturated rings. The quantitative estimate of drug-likeness (QED) is 0.354. The van der Waals surface area contributed by atoms with Crippen LogP contribution in [0.2, 0.25) is 0 Å². The van der Waals surface area contributed by atoms with Crippen molar-refractivity contribution < 1.29 is 0 Å². The van der Waals surface area contributed by atoms with Crippen LogP contribution in [-0.4, -0.2) is 36.1 Å². The lowest BCUT2D eigenvalue weighted by Crippen LogP contribution is -2.34. The van der Waals surface area contributed by atoms with Gasteiger partial charge in [0.1, 0.15) is 5.03 Å². The number of pyridine rings is 1. The van der Waals surface area contributed by atoms with Gasteiger partial charge in [-0.3, -0.25) is 0 Å². The number of hydrogen-bond acceptors (Lipinski definition) is 4. The average molecular weight is 420 g/mol. The van der Waals surface area contributed by atoms with Crippen LogP contribution in [0.4, 0.5) is 0 Å². The van der Waals surface area contributed by atoms with Gasteiger partial charge in [-0.15, -0.1) is 11.8 Å². The minimum absolute atomic E-state index is 0.877. The molecule has 2 heterocycles. The molecule has 3 nitrogen and oxygen atoms in total. The number of hydrogen-bond donors (Lipinski definition) is 1. The Balaban J connectivity index is 1.36. The lowest BCUT2D eigenvalue weighted by molar-refractivity contribution is 0.186. The molecule has 0 radical (unpaired) electrons. The lowest BCUT2D eigenvalue weighted by Gasteiger charge is -2.31. The Labute approximate surface area is 185 Å². The van der Waals surface area contributed by atoms with E-state index in [0.29, 0.717) is 0 Å². The maximum absolute atomic E-state index is 4.99. The van der Waals surface area contributed by atoms with Crippen molar-refractivity contribution >= 4 is 22.7 Å². The van der Waals surface area contributed by atoms with Crippen molar-refractivity contribution in [2.75, 3.05) is 26.2 Å². The maximum Gasteiger partial charge on any atom is 0.102 e. The van der Waals surface area contributed by atoms with Gasteiger partial charge in [-0.1, -0.05) is 55.5 Å². The van der Waals surface area contributed by atoms with Crippen molar-refractivity contribution in [2.45, 2.75) is 43.5 Å². The summed E-state index contributed by atoms with van der Waals surface area (Å²) in [6.45, 7) is 8.00. The van der Waals surface area contributed by atoms with Gasteiger partial charge in [0.2, 0.25) is 0 Å². The monoisotopic (exact) mass is 419 g/mol. The van der Waals surface area contributed by atoms with Gasteiger partial charge in [0.05, 0.1) is 5.52 Å². The Morgan fingerprint density at radius 3 is 2.60 bits per heavy atom. The first kappa shape index (κ1) is 21.4. The number of piperidine rings is 1. The molecule has 1 saturated heterocycles. The molecular formula is C26H33N3S. The summed E-state index contributed by atoms with van der Waals surface area (Å²) in [5.41, 5.74) is 3.74. The number of thioether (sulfide) groups is 1. The highest BCUT2D eigenvalue weighted by Gasteiger charge is 2.17. The maximum atomic E-state index is 4.99. The molecule has 2 aromatic carbocycles. The van der Waals surface area contributed by atoms with Crippen LogP contribution in [0.3, 0.4) is 0 Å². The predicted octanol–water partition coefficient (Wildman–Crippen LogP) is 5.74. The van der Waals surface area contributed by atoms with Crippen LogP contribution in [0.5, 0.6) is 0 Å². The molecule has 0 unspecified atom stereocenters. The summed E-state index contributed by atoms with van der Waals surface area (Å²) in [5, 5.41) is 6.09. The van der Waals surface area contributed by atoms with E-state index >= 15 is 0 Å². The number of nitrogens with zero attached hydrogens (tertiary/aromatic N) is 2. The summed E-state index contributed by atoms with van der Waals surface area (Å²) in [6.07, 6.45) is 3.99. The fourth-order valence-corrected chi connectivity index (χ4v) is 5.22. The molecule has 1 aliphatic heterocycles. The minimum atomic E-state index is 0.877. The standard InChI is InChI=1S/C26H33N3S/c1-2-29-16-13-21(14-17-29)12-15-27-19-24-18-23-10-6-7-11-25(23)28-26(24)30-20-22-8-4-3-5-9-22/h3-11,18,21,27H,2,12-17,19-20H2,1H3. The first-order chi connectivity index (χ1) is 14.8. The Kier molecular flexibility index (Phi) is 7.79. The third kappa shape index (κ3) is 5.84. The van der Waals surface area contributed by atoms with E-state index < -0.39 is 0 Å². The van der Waals surface area contributed by atoms with Gasteiger partial charge in [0, 0.05) is 17.7 Å². The van der Waals surface area contributed by atoms with Crippen LogP contribution < -0.4 is 5.32 Å². The zero-order chi connectivity index (χ0) is 20.6. The second-order valence-corrected chi connectivity index (χ2v) is 9.23. The molecule has 0 aliphatic carbocycles. The molecule has 1 N–H and O–H groups in total. The van der Waals surface area contributed by atoms with E-state index in [9.17, 15) is 0 Å². The normalized spacial score (nSPS) is 15.6. The number of benzene rings is 2. The molecule has 0 spiro atoms. The Morgan fingerprint density at radius 1 is 1.03 bits per heavy atom. The molecule has 158 valence electrons. The van der Waals surface area contributed by atoms with Crippen molar-refractivity contribution in [2.24, 2.45) is 5.92 Å². The number of rotatable bonds is 9. The van der Waals surface area contributed by atoms with Crippen molar-refractivity contribution in [3.05, 3.63) is 71.8 Å². The van der Waals surface area contributed by atoms with E-state index in [-0.39, 0.29) is 0 Å². The summed E-state index contributed by atoms with van der Waals surface area (Å²) in [4.78, 5) is 7.56. The summed E-state index contributed by atoms with van der Waals surface area (Å²) < 4.78 is 0. The molecule has 0 atom stereocenters. The fourth-order valence-electron chi connectivity index (χ4n) is 4.24. The number of fused-ring (bicyclic) bond motifs is 1. The zero-order valence-corrected chi connectivity index (χ0v) is 18.8. The summed E-state index contributed by atoms with van der Waals surface area (Å²) in [7, 11) is 0. The number of para-hydroxylation sites is 1. The highest BCUT2D eigenvalue weighted by molar-refractivity contribution is 7.98. The minimum Gasteiger partial charge on any atom is -0.313 e. The van der Waals surface area contributed by atoms with Gasteiger partial charge in [-0.25, -0.2) is 4.98 Å². The smallest absolute Gasteiger partial charge is 0.102 e. The van der Waals surface area contributed by atoms with Crippen LogP contribution in [0.1, 0.15) is 37.3 Å². The summed E-state index contributed by atoms with van der Waals surface area (Å²) >= 11 is 1.85. The van der Waals surface area contributed by atoms with E-state index in [0.717, 1.165) is 35.3 Å². The first-order valence-electron chi connectivity index (χ1n) is 11.3. The van der Waals surface area contributed by atoms with Gasteiger partial charge in [0.15, 0.2) is 0 Å². The Hall–Kier alpha value is -1.88. The first-order valence-corrected chi connectivity index (χ1v) is 12.3. The highest BCUT2D eigenvalue weighted by atomic mass is 32.2. The second-order valence-electron chi connectivity index (χ2n) is 8.26. The molecule has 1 aromatic heterocycles. The van der Waals surface area contributed by atoms with Gasteiger partial charge in [-0.2, -0.15) is 0 Å². The average Bonchev–Trinajstić information content (AvgIpc) is 2.81. The van der Waals surface area contributed by atoms with Crippen molar-refractivity contribution in [3.8, 4) is 0 Å². The molecule has 3 aromatic rings. The van der Waals surface area contributed by atoms with Crippen LogP contribution in [0, 0.1) is 5.92 Å². The lowest BCUT2D eigenvalue weighted by atomic mass is 9.93. The number of aromatic nitrogens is 1. The Morgan fingerprint density at radius 2 is 1.80 bits per heavy atom. The summed E-state index contributed by atoms with van der Waals surface area (Å²) in [6, 6.07) is 21.4. The third-order valence-electron chi connectivity index (χ3n) is 6.18. The molecular weight excluding hydrogens is 386 g/mol. The van der Waals surface area contributed by atoms with Crippen LogP contribution in [0.25, 0.3) is 10.9 Å². The molecule has 4 heteroatoms. The Bertz CT molecular complexity index is 920. The SMILES string of the molecule is CCN1CCC(CCNCc2cc3ccccc3nc2SCc2ccccc2)CC1. The van der Waals surface area contributed by atoms with Crippen molar-refractivity contribution in [1.29, 1.82) is 0 Å². The van der Waals surface area contributed by atoms with Gasteiger partial charge in [0.25, 0.3) is 0 Å². The fraction of sp³-hybridized carbons (Fsp3) is 0.423.